The number of ether oxygens (including phenoxy) is 1. The van der Waals surface area contributed by atoms with E-state index in [1.54, 1.807) is 6.92 Å². The molecular formula is C8H12O3. The van der Waals surface area contributed by atoms with Gasteiger partial charge in [-0.15, -0.1) is 0 Å². The standard InChI is InChI=1S/C8H12O3/c1-2-11-8(10)7(5-9)6-3-4-6/h5-7H,2-4H2,1H3/t7-/m0/s1. The first kappa shape index (κ1) is 8.24. The molecule has 0 aromatic carbocycles. The van der Waals surface area contributed by atoms with E-state index in [1.165, 1.54) is 0 Å². The molecule has 0 aromatic rings. The van der Waals surface area contributed by atoms with Gasteiger partial charge in [-0.25, -0.2) is 0 Å². The summed E-state index contributed by atoms with van der Waals surface area (Å²) in [6.45, 7) is 2.10. The Morgan fingerprint density at radius 3 is 2.73 bits per heavy atom. The van der Waals surface area contributed by atoms with Gasteiger partial charge in [0.05, 0.1) is 6.61 Å². The fourth-order valence-electron chi connectivity index (χ4n) is 1.05. The van der Waals surface area contributed by atoms with Gasteiger partial charge >= 0.3 is 5.97 Å². The van der Waals surface area contributed by atoms with Crippen LogP contribution >= 0.6 is 0 Å². The van der Waals surface area contributed by atoms with Crippen LogP contribution in [0.1, 0.15) is 19.8 Å². The summed E-state index contributed by atoms with van der Waals surface area (Å²) in [6, 6.07) is 0. The van der Waals surface area contributed by atoms with E-state index in [1.807, 2.05) is 0 Å². The van der Waals surface area contributed by atoms with E-state index in [2.05, 4.69) is 0 Å². The second kappa shape index (κ2) is 3.51. The van der Waals surface area contributed by atoms with Gasteiger partial charge in [0, 0.05) is 0 Å². The van der Waals surface area contributed by atoms with Crippen molar-refractivity contribution in [1.29, 1.82) is 0 Å². The van der Waals surface area contributed by atoms with Crippen LogP contribution in [0, 0.1) is 11.8 Å². The molecule has 62 valence electrons. The van der Waals surface area contributed by atoms with Crippen molar-refractivity contribution in [2.75, 3.05) is 6.61 Å². The van der Waals surface area contributed by atoms with Crippen molar-refractivity contribution in [2.24, 2.45) is 11.8 Å². The zero-order valence-corrected chi connectivity index (χ0v) is 6.58. The molecule has 0 aromatic heterocycles. The van der Waals surface area contributed by atoms with E-state index in [0.29, 0.717) is 12.9 Å². The van der Waals surface area contributed by atoms with Gasteiger partial charge in [-0.1, -0.05) is 0 Å². The van der Waals surface area contributed by atoms with Gasteiger partial charge in [0.15, 0.2) is 0 Å². The number of rotatable bonds is 4. The number of esters is 1. The van der Waals surface area contributed by atoms with E-state index < -0.39 is 5.92 Å². The molecule has 0 radical (unpaired) electrons. The van der Waals surface area contributed by atoms with Crippen molar-refractivity contribution in [3.8, 4) is 0 Å². The minimum absolute atomic E-state index is 0.270. The van der Waals surface area contributed by atoms with Crippen LogP contribution in [-0.4, -0.2) is 18.9 Å². The summed E-state index contributed by atoms with van der Waals surface area (Å²) in [5.41, 5.74) is 0. The van der Waals surface area contributed by atoms with Crippen LogP contribution in [0.25, 0.3) is 0 Å². The highest BCUT2D eigenvalue weighted by Crippen LogP contribution is 2.36. The molecule has 0 spiro atoms. The SMILES string of the molecule is CCOC(=O)[C@@H](C=O)C1CC1. The third-order valence-corrected chi connectivity index (χ3v) is 1.84. The normalized spacial score (nSPS) is 19.0. The van der Waals surface area contributed by atoms with Crippen molar-refractivity contribution >= 4 is 12.3 Å². The molecule has 3 heteroatoms. The third kappa shape index (κ3) is 2.03. The lowest BCUT2D eigenvalue weighted by Gasteiger charge is -2.06. The van der Waals surface area contributed by atoms with Crippen LogP contribution in [0.3, 0.4) is 0 Å². The molecule has 1 aliphatic rings. The van der Waals surface area contributed by atoms with Crippen molar-refractivity contribution in [3.05, 3.63) is 0 Å². The number of hydrogen-bond donors (Lipinski definition) is 0. The van der Waals surface area contributed by atoms with Gasteiger partial charge < -0.3 is 9.53 Å². The predicted octanol–water partition coefficient (Wildman–Crippen LogP) is 0.775. The van der Waals surface area contributed by atoms with Crippen LogP contribution in [0.4, 0.5) is 0 Å². The lowest BCUT2D eigenvalue weighted by Crippen LogP contribution is -2.20. The number of carbonyl (C=O) groups is 2. The second-order valence-electron chi connectivity index (χ2n) is 2.75. The monoisotopic (exact) mass is 156 g/mol. The first-order chi connectivity index (χ1) is 5.29. The molecule has 1 saturated carbocycles. The fraction of sp³-hybridized carbons (Fsp3) is 0.750. The lowest BCUT2D eigenvalue weighted by atomic mass is 10.1. The van der Waals surface area contributed by atoms with Crippen LogP contribution in [0.5, 0.6) is 0 Å². The first-order valence-electron chi connectivity index (χ1n) is 3.91. The highest BCUT2D eigenvalue weighted by Gasteiger charge is 2.36. The van der Waals surface area contributed by atoms with Gasteiger partial charge in [-0.05, 0) is 25.7 Å². The molecule has 0 amide bonds. The molecule has 0 heterocycles. The molecule has 1 rings (SSSR count). The van der Waals surface area contributed by atoms with Gasteiger partial charge in [-0.3, -0.25) is 4.79 Å². The topological polar surface area (TPSA) is 43.4 Å². The maximum atomic E-state index is 11.0. The van der Waals surface area contributed by atoms with Gasteiger partial charge in [0.25, 0.3) is 0 Å². The Hall–Kier alpha value is -0.860. The van der Waals surface area contributed by atoms with Gasteiger partial charge in [0.1, 0.15) is 12.2 Å². The van der Waals surface area contributed by atoms with E-state index in [9.17, 15) is 9.59 Å². The Morgan fingerprint density at radius 1 is 1.73 bits per heavy atom. The van der Waals surface area contributed by atoms with E-state index in [4.69, 9.17) is 4.74 Å². The fourth-order valence-corrected chi connectivity index (χ4v) is 1.05. The lowest BCUT2D eigenvalue weighted by molar-refractivity contribution is -0.150. The van der Waals surface area contributed by atoms with Crippen LogP contribution in [-0.2, 0) is 14.3 Å². The average molecular weight is 156 g/mol. The summed E-state index contributed by atoms with van der Waals surface area (Å²) >= 11 is 0. The Balaban J connectivity index is 2.39. The van der Waals surface area contributed by atoms with Crippen molar-refractivity contribution in [1.82, 2.24) is 0 Å². The molecule has 1 aliphatic carbocycles. The molecule has 0 saturated heterocycles. The predicted molar refractivity (Wildman–Crippen MR) is 38.9 cm³/mol. The molecule has 0 unspecified atom stereocenters. The molecule has 3 nitrogen and oxygen atoms in total. The number of hydrogen-bond acceptors (Lipinski definition) is 3. The van der Waals surface area contributed by atoms with Crippen LogP contribution in [0.2, 0.25) is 0 Å². The highest BCUT2D eigenvalue weighted by molar-refractivity contribution is 5.88. The second-order valence-corrected chi connectivity index (χ2v) is 2.75. The largest absolute Gasteiger partial charge is 0.465 e. The summed E-state index contributed by atoms with van der Waals surface area (Å²) < 4.78 is 4.73. The maximum Gasteiger partial charge on any atom is 0.316 e. The van der Waals surface area contributed by atoms with E-state index in [-0.39, 0.29) is 11.9 Å². The molecule has 0 bridgehead atoms. The zero-order valence-electron chi connectivity index (χ0n) is 6.58. The summed E-state index contributed by atoms with van der Waals surface area (Å²) in [7, 11) is 0. The smallest absolute Gasteiger partial charge is 0.316 e. The quantitative estimate of drug-likeness (QED) is 0.343. The maximum absolute atomic E-state index is 11.0. The van der Waals surface area contributed by atoms with Crippen molar-refractivity contribution in [3.63, 3.8) is 0 Å². The minimum atomic E-state index is -0.491. The van der Waals surface area contributed by atoms with E-state index in [0.717, 1.165) is 12.8 Å². The van der Waals surface area contributed by atoms with Crippen LogP contribution in [0.15, 0.2) is 0 Å². The highest BCUT2D eigenvalue weighted by atomic mass is 16.5. The van der Waals surface area contributed by atoms with Gasteiger partial charge in [0.2, 0.25) is 0 Å². The summed E-state index contributed by atoms with van der Waals surface area (Å²) in [5, 5.41) is 0. The van der Waals surface area contributed by atoms with Gasteiger partial charge in [-0.2, -0.15) is 0 Å². The Labute approximate surface area is 65.7 Å². The molecule has 0 aliphatic heterocycles. The van der Waals surface area contributed by atoms with Crippen molar-refractivity contribution in [2.45, 2.75) is 19.8 Å². The number of aldehydes is 1. The minimum Gasteiger partial charge on any atom is -0.465 e. The molecule has 0 N–H and O–H groups in total. The molecule has 11 heavy (non-hydrogen) atoms. The average Bonchev–Trinajstić information content (AvgIpc) is 2.73. The Morgan fingerprint density at radius 2 is 2.36 bits per heavy atom. The molecule has 1 atom stereocenters. The zero-order chi connectivity index (χ0) is 8.27. The first-order valence-corrected chi connectivity index (χ1v) is 3.91. The molecular weight excluding hydrogens is 144 g/mol. The Kier molecular flexibility index (Phi) is 2.63. The third-order valence-electron chi connectivity index (χ3n) is 1.84. The summed E-state index contributed by atoms with van der Waals surface area (Å²) in [6.07, 6.45) is 2.68. The number of carbonyl (C=O) groups excluding carboxylic acids is 2. The summed E-state index contributed by atoms with van der Waals surface area (Å²) in [4.78, 5) is 21.4. The van der Waals surface area contributed by atoms with Crippen LogP contribution < -0.4 is 0 Å². The van der Waals surface area contributed by atoms with E-state index >= 15 is 0 Å². The van der Waals surface area contributed by atoms with Crippen molar-refractivity contribution < 1.29 is 14.3 Å². The summed E-state index contributed by atoms with van der Waals surface area (Å²) in [5.74, 6) is -0.577. The Bertz CT molecular complexity index is 161. The molecule has 1 fully saturated rings.